The van der Waals surface area contributed by atoms with Crippen LogP contribution in [0.3, 0.4) is 0 Å². The van der Waals surface area contributed by atoms with Crippen molar-refractivity contribution in [3.8, 4) is 5.75 Å². The second-order valence-electron chi connectivity index (χ2n) is 3.61. The molecule has 0 spiro atoms. The fourth-order valence-corrected chi connectivity index (χ4v) is 1.81. The van der Waals surface area contributed by atoms with Crippen LogP contribution in [0, 0.1) is 17.5 Å². The molecule has 94 valence electrons. The maximum absolute atomic E-state index is 13.3. The molecule has 0 saturated heterocycles. The smallest absolute Gasteiger partial charge is 0.167 e. The van der Waals surface area contributed by atoms with E-state index in [0.29, 0.717) is 10.0 Å². The Morgan fingerprint density at radius 3 is 2.39 bits per heavy atom. The lowest BCUT2D eigenvalue weighted by Crippen LogP contribution is -1.98. The summed E-state index contributed by atoms with van der Waals surface area (Å²) in [5.74, 6) is -1.86. The molecule has 2 rings (SSSR count). The lowest BCUT2D eigenvalue weighted by atomic mass is 10.2. The summed E-state index contributed by atoms with van der Waals surface area (Å²) in [6, 6.07) is 7.42. The maximum atomic E-state index is 13.3. The molecule has 0 aliphatic rings. The van der Waals surface area contributed by atoms with Gasteiger partial charge >= 0.3 is 0 Å². The quantitative estimate of drug-likeness (QED) is 0.813. The van der Waals surface area contributed by atoms with E-state index in [1.165, 1.54) is 24.3 Å². The minimum Gasteiger partial charge on any atom is -0.486 e. The standard InChI is InChI=1S/C13H8BrF3O/c14-10-5-8(1-3-11(10)16)7-18-13-4-2-9(15)6-12(13)17/h1-6H,7H2. The fourth-order valence-electron chi connectivity index (χ4n) is 1.38. The van der Waals surface area contributed by atoms with Crippen molar-refractivity contribution in [1.29, 1.82) is 0 Å². The Kier molecular flexibility index (Phi) is 3.91. The highest BCUT2D eigenvalue weighted by atomic mass is 79.9. The number of rotatable bonds is 3. The molecule has 2 aromatic carbocycles. The Hall–Kier alpha value is -1.49. The van der Waals surface area contributed by atoms with E-state index >= 15 is 0 Å². The van der Waals surface area contributed by atoms with Crippen molar-refractivity contribution in [3.63, 3.8) is 0 Å². The minimum atomic E-state index is -0.767. The molecule has 0 fully saturated rings. The summed E-state index contributed by atoms with van der Waals surface area (Å²) in [6.45, 7) is 0.0709. The predicted molar refractivity (Wildman–Crippen MR) is 64.8 cm³/mol. The van der Waals surface area contributed by atoms with Crippen LogP contribution in [0.5, 0.6) is 5.75 Å². The van der Waals surface area contributed by atoms with E-state index < -0.39 is 11.6 Å². The van der Waals surface area contributed by atoms with Crippen LogP contribution in [0.1, 0.15) is 5.56 Å². The van der Waals surface area contributed by atoms with Crippen LogP contribution >= 0.6 is 15.9 Å². The third kappa shape index (κ3) is 3.04. The zero-order valence-corrected chi connectivity index (χ0v) is 10.7. The van der Waals surface area contributed by atoms with Crippen molar-refractivity contribution >= 4 is 15.9 Å². The molecule has 0 saturated carbocycles. The minimum absolute atomic E-state index is 0.0446. The third-order valence-corrected chi connectivity index (χ3v) is 2.88. The largest absolute Gasteiger partial charge is 0.486 e. The Morgan fingerprint density at radius 2 is 1.72 bits per heavy atom. The average molecular weight is 317 g/mol. The zero-order chi connectivity index (χ0) is 13.1. The van der Waals surface area contributed by atoms with E-state index in [0.717, 1.165) is 12.1 Å². The van der Waals surface area contributed by atoms with Gasteiger partial charge < -0.3 is 4.74 Å². The van der Waals surface area contributed by atoms with Gasteiger partial charge in [0.05, 0.1) is 4.47 Å². The van der Waals surface area contributed by atoms with Gasteiger partial charge in [0.1, 0.15) is 18.2 Å². The highest BCUT2D eigenvalue weighted by Gasteiger charge is 2.06. The number of ether oxygens (including phenoxy) is 1. The van der Waals surface area contributed by atoms with Gasteiger partial charge in [-0.3, -0.25) is 0 Å². The highest BCUT2D eigenvalue weighted by Crippen LogP contribution is 2.21. The second kappa shape index (κ2) is 5.44. The van der Waals surface area contributed by atoms with E-state index in [9.17, 15) is 13.2 Å². The summed E-state index contributed by atoms with van der Waals surface area (Å²) in [7, 11) is 0. The number of benzene rings is 2. The van der Waals surface area contributed by atoms with Gasteiger partial charge in [0.2, 0.25) is 0 Å². The van der Waals surface area contributed by atoms with Gasteiger partial charge in [-0.15, -0.1) is 0 Å². The normalized spacial score (nSPS) is 10.4. The monoisotopic (exact) mass is 316 g/mol. The SMILES string of the molecule is Fc1ccc(OCc2ccc(F)c(Br)c2)c(F)c1. The predicted octanol–water partition coefficient (Wildman–Crippen LogP) is 4.45. The van der Waals surface area contributed by atoms with Crippen LogP contribution in [-0.4, -0.2) is 0 Å². The summed E-state index contributed by atoms with van der Waals surface area (Å²) in [5.41, 5.74) is 0.673. The molecular weight excluding hydrogens is 309 g/mol. The molecule has 0 bridgehead atoms. The molecule has 5 heteroatoms. The van der Waals surface area contributed by atoms with Gasteiger partial charge in [-0.25, -0.2) is 13.2 Å². The summed E-state index contributed by atoms with van der Waals surface area (Å²) in [4.78, 5) is 0. The molecular formula is C13H8BrF3O. The molecule has 0 radical (unpaired) electrons. The molecule has 0 unspecified atom stereocenters. The fraction of sp³-hybridized carbons (Fsp3) is 0.0769. The van der Waals surface area contributed by atoms with E-state index in [1.807, 2.05) is 0 Å². The van der Waals surface area contributed by atoms with Gasteiger partial charge in [0, 0.05) is 6.07 Å². The Balaban J connectivity index is 2.09. The van der Waals surface area contributed by atoms with Crippen molar-refractivity contribution in [2.24, 2.45) is 0 Å². The lowest BCUT2D eigenvalue weighted by molar-refractivity contribution is 0.289. The van der Waals surface area contributed by atoms with Gasteiger partial charge in [0.15, 0.2) is 11.6 Å². The van der Waals surface area contributed by atoms with Crippen molar-refractivity contribution in [3.05, 3.63) is 63.9 Å². The molecule has 2 aromatic rings. The Labute approximate surface area is 110 Å². The van der Waals surface area contributed by atoms with Crippen LogP contribution in [0.2, 0.25) is 0 Å². The third-order valence-electron chi connectivity index (χ3n) is 2.27. The molecule has 0 atom stereocenters. The van der Waals surface area contributed by atoms with Gasteiger partial charge in [0.25, 0.3) is 0 Å². The van der Waals surface area contributed by atoms with Crippen LogP contribution in [0.15, 0.2) is 40.9 Å². The molecule has 0 aromatic heterocycles. The Bertz CT molecular complexity index is 572. The zero-order valence-electron chi connectivity index (χ0n) is 9.09. The molecule has 0 aliphatic carbocycles. The second-order valence-corrected chi connectivity index (χ2v) is 4.47. The first-order valence-electron chi connectivity index (χ1n) is 5.08. The van der Waals surface area contributed by atoms with E-state index in [2.05, 4.69) is 15.9 Å². The Morgan fingerprint density at radius 1 is 0.944 bits per heavy atom. The van der Waals surface area contributed by atoms with Gasteiger partial charge in [-0.05, 0) is 45.8 Å². The average Bonchev–Trinajstić information content (AvgIpc) is 2.32. The van der Waals surface area contributed by atoms with Crippen LogP contribution in [-0.2, 0) is 6.61 Å². The number of hydrogen-bond donors (Lipinski definition) is 0. The molecule has 18 heavy (non-hydrogen) atoms. The van der Waals surface area contributed by atoms with E-state index in [4.69, 9.17) is 4.74 Å². The molecule has 1 nitrogen and oxygen atoms in total. The van der Waals surface area contributed by atoms with Gasteiger partial charge in [-0.2, -0.15) is 0 Å². The van der Waals surface area contributed by atoms with Crippen LogP contribution in [0.4, 0.5) is 13.2 Å². The van der Waals surface area contributed by atoms with E-state index in [1.54, 1.807) is 0 Å². The van der Waals surface area contributed by atoms with Crippen LogP contribution in [0.25, 0.3) is 0 Å². The first-order valence-corrected chi connectivity index (χ1v) is 5.87. The summed E-state index contributed by atoms with van der Waals surface area (Å²) in [6.07, 6.45) is 0. The van der Waals surface area contributed by atoms with Crippen molar-refractivity contribution in [1.82, 2.24) is 0 Å². The van der Waals surface area contributed by atoms with Gasteiger partial charge in [-0.1, -0.05) is 6.07 Å². The topological polar surface area (TPSA) is 9.23 Å². The molecule has 0 N–H and O–H groups in total. The number of hydrogen-bond acceptors (Lipinski definition) is 1. The van der Waals surface area contributed by atoms with Crippen molar-refractivity contribution in [2.45, 2.75) is 6.61 Å². The van der Waals surface area contributed by atoms with Crippen molar-refractivity contribution in [2.75, 3.05) is 0 Å². The molecule has 0 amide bonds. The molecule has 0 heterocycles. The summed E-state index contributed by atoms with van der Waals surface area (Å²) in [5, 5.41) is 0. The van der Waals surface area contributed by atoms with E-state index in [-0.39, 0.29) is 18.2 Å². The lowest BCUT2D eigenvalue weighted by Gasteiger charge is -2.07. The summed E-state index contributed by atoms with van der Waals surface area (Å²) < 4.78 is 44.4. The highest BCUT2D eigenvalue weighted by molar-refractivity contribution is 9.10. The maximum Gasteiger partial charge on any atom is 0.167 e. The molecule has 0 aliphatic heterocycles. The van der Waals surface area contributed by atoms with Crippen LogP contribution < -0.4 is 4.74 Å². The first kappa shape index (κ1) is 13.0. The van der Waals surface area contributed by atoms with Crippen molar-refractivity contribution < 1.29 is 17.9 Å². The summed E-state index contributed by atoms with van der Waals surface area (Å²) >= 11 is 3.04. The number of halogens is 4. The first-order chi connectivity index (χ1) is 8.56.